The Labute approximate surface area is 126 Å². The highest BCUT2D eigenvalue weighted by atomic mass is 16.2. The average molecular weight is 288 g/mol. The second-order valence-corrected chi connectivity index (χ2v) is 5.93. The van der Waals surface area contributed by atoms with Crippen LogP contribution < -0.4 is 5.32 Å². The molecular weight excluding hydrogens is 264 g/mol. The van der Waals surface area contributed by atoms with Crippen molar-refractivity contribution in [3.05, 3.63) is 33.4 Å². The zero-order valence-corrected chi connectivity index (χ0v) is 13.6. The third-order valence-corrected chi connectivity index (χ3v) is 4.76. The first-order valence-electron chi connectivity index (χ1n) is 7.47. The summed E-state index contributed by atoms with van der Waals surface area (Å²) in [6, 6.07) is 0. The van der Waals surface area contributed by atoms with Crippen LogP contribution in [0.15, 0.2) is 0 Å². The van der Waals surface area contributed by atoms with E-state index in [1.54, 1.807) is 4.90 Å². The van der Waals surface area contributed by atoms with Crippen molar-refractivity contribution in [3.63, 3.8) is 0 Å². The predicted molar refractivity (Wildman–Crippen MR) is 83.7 cm³/mol. The van der Waals surface area contributed by atoms with E-state index in [0.717, 1.165) is 23.1 Å². The lowest BCUT2D eigenvalue weighted by atomic mass is 9.89. The molecule has 4 nitrogen and oxygen atoms in total. The predicted octanol–water partition coefficient (Wildman–Crippen LogP) is 2.19. The summed E-state index contributed by atoms with van der Waals surface area (Å²) in [5.74, 6) is -0.0926. The zero-order valence-electron chi connectivity index (χ0n) is 13.6. The highest BCUT2D eigenvalue weighted by Gasteiger charge is 2.25. The Kier molecular flexibility index (Phi) is 4.35. The summed E-state index contributed by atoms with van der Waals surface area (Å²) in [6.45, 7) is 11.6. The number of nitrogens with one attached hydrogen (secondary N) is 1. The van der Waals surface area contributed by atoms with Crippen molar-refractivity contribution >= 4 is 11.8 Å². The molecule has 1 aliphatic rings. The number of carbonyl (C=O) groups excluding carboxylic acids is 2. The van der Waals surface area contributed by atoms with Crippen molar-refractivity contribution in [2.45, 2.75) is 41.0 Å². The molecule has 114 valence electrons. The Bertz CT molecular complexity index is 576. The Balaban J connectivity index is 2.46. The molecule has 1 aromatic rings. The van der Waals surface area contributed by atoms with Crippen molar-refractivity contribution in [2.75, 3.05) is 19.6 Å². The summed E-state index contributed by atoms with van der Waals surface area (Å²) < 4.78 is 0. The average Bonchev–Trinajstić information content (AvgIpc) is 2.67. The highest BCUT2D eigenvalue weighted by molar-refractivity contribution is 5.99. The van der Waals surface area contributed by atoms with Crippen LogP contribution in [-0.2, 0) is 4.79 Å². The molecule has 2 rings (SSSR count). The van der Waals surface area contributed by atoms with Crippen molar-refractivity contribution in [2.24, 2.45) is 0 Å². The summed E-state index contributed by atoms with van der Waals surface area (Å²) in [6.07, 6.45) is 0.805. The largest absolute Gasteiger partial charge is 0.354 e. The molecule has 1 N–H and O–H groups in total. The molecule has 0 radical (unpaired) electrons. The van der Waals surface area contributed by atoms with Gasteiger partial charge in [-0.3, -0.25) is 9.59 Å². The number of carbonyl (C=O) groups is 2. The summed E-state index contributed by atoms with van der Waals surface area (Å²) in [7, 11) is 0. The summed E-state index contributed by atoms with van der Waals surface area (Å²) in [5.41, 5.74) is 6.41. The maximum absolute atomic E-state index is 12.9. The van der Waals surface area contributed by atoms with Gasteiger partial charge < -0.3 is 10.2 Å². The smallest absolute Gasteiger partial charge is 0.254 e. The fourth-order valence-electron chi connectivity index (χ4n) is 2.96. The third kappa shape index (κ3) is 2.80. The van der Waals surface area contributed by atoms with Crippen LogP contribution in [0.5, 0.6) is 0 Å². The van der Waals surface area contributed by atoms with Crippen LogP contribution in [-0.4, -0.2) is 36.3 Å². The maximum atomic E-state index is 12.9. The minimum Gasteiger partial charge on any atom is -0.354 e. The van der Waals surface area contributed by atoms with E-state index in [2.05, 4.69) is 26.1 Å². The zero-order chi connectivity index (χ0) is 15.7. The molecule has 0 aromatic heterocycles. The van der Waals surface area contributed by atoms with Gasteiger partial charge in [0, 0.05) is 18.7 Å². The van der Waals surface area contributed by atoms with Gasteiger partial charge >= 0.3 is 0 Å². The van der Waals surface area contributed by atoms with Crippen LogP contribution in [0.2, 0.25) is 0 Å². The number of amides is 2. The molecule has 2 amide bonds. The van der Waals surface area contributed by atoms with Gasteiger partial charge in [-0.1, -0.05) is 0 Å². The lowest BCUT2D eigenvalue weighted by Gasteiger charge is -2.24. The first-order chi connectivity index (χ1) is 9.84. The lowest BCUT2D eigenvalue weighted by molar-refractivity contribution is -0.121. The molecule has 1 heterocycles. The second kappa shape index (κ2) is 5.88. The number of benzene rings is 1. The fourth-order valence-corrected chi connectivity index (χ4v) is 2.96. The van der Waals surface area contributed by atoms with Gasteiger partial charge in [-0.15, -0.1) is 0 Å². The van der Waals surface area contributed by atoms with E-state index >= 15 is 0 Å². The van der Waals surface area contributed by atoms with Crippen LogP contribution in [0.1, 0.15) is 44.6 Å². The molecule has 1 aromatic carbocycles. The molecule has 0 spiro atoms. The van der Waals surface area contributed by atoms with Gasteiger partial charge in [0.25, 0.3) is 5.91 Å². The lowest BCUT2D eigenvalue weighted by Crippen LogP contribution is -2.38. The van der Waals surface area contributed by atoms with E-state index in [4.69, 9.17) is 0 Å². The molecular formula is C17H24N2O2. The molecule has 1 saturated heterocycles. The first kappa shape index (κ1) is 15.5. The van der Waals surface area contributed by atoms with Gasteiger partial charge in [0.05, 0.1) is 6.54 Å². The van der Waals surface area contributed by atoms with Gasteiger partial charge in [0.15, 0.2) is 0 Å². The van der Waals surface area contributed by atoms with Gasteiger partial charge in [-0.2, -0.15) is 0 Å². The molecule has 0 atom stereocenters. The quantitative estimate of drug-likeness (QED) is 0.861. The molecule has 0 unspecified atom stereocenters. The monoisotopic (exact) mass is 288 g/mol. The minimum absolute atomic E-state index is 0.0201. The highest BCUT2D eigenvalue weighted by Crippen LogP contribution is 2.27. The van der Waals surface area contributed by atoms with Crippen molar-refractivity contribution in [3.8, 4) is 0 Å². The second-order valence-electron chi connectivity index (χ2n) is 5.93. The van der Waals surface area contributed by atoms with Gasteiger partial charge in [0.1, 0.15) is 0 Å². The van der Waals surface area contributed by atoms with E-state index in [-0.39, 0.29) is 18.4 Å². The van der Waals surface area contributed by atoms with Crippen molar-refractivity contribution in [1.82, 2.24) is 10.2 Å². The molecule has 21 heavy (non-hydrogen) atoms. The van der Waals surface area contributed by atoms with Gasteiger partial charge in [-0.25, -0.2) is 0 Å². The standard InChI is InChI=1S/C17H24N2O2/c1-10-11(2)13(4)16(14(5)12(10)3)17(21)19-8-6-7-18-15(20)9-19/h6-9H2,1-5H3,(H,18,20). The Hall–Kier alpha value is -1.84. The molecule has 0 bridgehead atoms. The number of rotatable bonds is 1. The molecule has 1 fully saturated rings. The fraction of sp³-hybridized carbons (Fsp3) is 0.529. The van der Waals surface area contributed by atoms with Gasteiger partial charge in [-0.05, 0) is 68.9 Å². The van der Waals surface area contributed by atoms with Gasteiger partial charge in [0.2, 0.25) is 5.91 Å². The van der Waals surface area contributed by atoms with Crippen LogP contribution in [0.25, 0.3) is 0 Å². The van der Waals surface area contributed by atoms with Crippen LogP contribution in [0, 0.1) is 34.6 Å². The maximum Gasteiger partial charge on any atom is 0.254 e. The third-order valence-electron chi connectivity index (χ3n) is 4.76. The summed E-state index contributed by atoms with van der Waals surface area (Å²) in [4.78, 5) is 26.3. The topological polar surface area (TPSA) is 49.4 Å². The molecule has 0 saturated carbocycles. The first-order valence-corrected chi connectivity index (χ1v) is 7.47. The van der Waals surface area contributed by atoms with Crippen molar-refractivity contribution < 1.29 is 9.59 Å². The van der Waals surface area contributed by atoms with E-state index in [0.29, 0.717) is 13.1 Å². The van der Waals surface area contributed by atoms with Crippen LogP contribution in [0.4, 0.5) is 0 Å². The van der Waals surface area contributed by atoms with Crippen LogP contribution >= 0.6 is 0 Å². The van der Waals surface area contributed by atoms with Crippen molar-refractivity contribution in [1.29, 1.82) is 0 Å². The van der Waals surface area contributed by atoms with E-state index in [9.17, 15) is 9.59 Å². The van der Waals surface area contributed by atoms with E-state index in [1.807, 2.05) is 13.8 Å². The van der Waals surface area contributed by atoms with Crippen LogP contribution in [0.3, 0.4) is 0 Å². The molecule has 4 heteroatoms. The molecule has 1 aliphatic heterocycles. The number of nitrogens with zero attached hydrogens (tertiary/aromatic N) is 1. The number of hydrogen-bond donors (Lipinski definition) is 1. The Morgan fingerprint density at radius 3 is 2.05 bits per heavy atom. The summed E-state index contributed by atoms with van der Waals surface area (Å²) >= 11 is 0. The SMILES string of the molecule is Cc1c(C)c(C)c(C(=O)N2CCCNC(=O)C2)c(C)c1C. The molecule has 0 aliphatic carbocycles. The normalized spacial score (nSPS) is 15.7. The minimum atomic E-state index is -0.0725. The Morgan fingerprint density at radius 1 is 0.952 bits per heavy atom. The van der Waals surface area contributed by atoms with E-state index < -0.39 is 0 Å². The van der Waals surface area contributed by atoms with E-state index in [1.165, 1.54) is 16.7 Å². The summed E-state index contributed by atoms with van der Waals surface area (Å²) in [5, 5.41) is 2.81. The Morgan fingerprint density at radius 2 is 1.48 bits per heavy atom. The number of hydrogen-bond acceptors (Lipinski definition) is 2.